The highest BCUT2D eigenvalue weighted by atomic mass is 16.3. The minimum Gasteiger partial charge on any atom is -0.393 e. The Morgan fingerprint density at radius 2 is 1.79 bits per heavy atom. The summed E-state index contributed by atoms with van der Waals surface area (Å²) in [5.74, 6) is 2.12. The molecule has 0 radical (unpaired) electrons. The second-order valence-electron chi connectivity index (χ2n) is 8.11. The topological polar surface area (TPSA) is 23.5 Å². The van der Waals surface area contributed by atoms with Gasteiger partial charge < -0.3 is 10.0 Å². The summed E-state index contributed by atoms with van der Waals surface area (Å²) in [6.07, 6.45) is 6.05. The lowest BCUT2D eigenvalue weighted by molar-refractivity contribution is 0.00829. The zero-order valence-corrected chi connectivity index (χ0v) is 13.4. The summed E-state index contributed by atoms with van der Waals surface area (Å²) in [5.41, 5.74) is 0.530. The molecular weight excluding hydrogens is 234 g/mol. The van der Waals surface area contributed by atoms with Gasteiger partial charge in [0.05, 0.1) is 6.10 Å². The normalized spacial score (nSPS) is 36.6. The zero-order chi connectivity index (χ0) is 14.0. The number of rotatable bonds is 3. The van der Waals surface area contributed by atoms with Crippen molar-refractivity contribution in [3.05, 3.63) is 0 Å². The Kier molecular flexibility index (Phi) is 4.94. The maximum atomic E-state index is 10.3. The minimum atomic E-state index is -0.0510. The van der Waals surface area contributed by atoms with Crippen LogP contribution in [0.3, 0.4) is 0 Å². The van der Waals surface area contributed by atoms with Crippen LogP contribution in [0.25, 0.3) is 0 Å². The molecule has 2 nitrogen and oxygen atoms in total. The van der Waals surface area contributed by atoms with E-state index in [-0.39, 0.29) is 6.10 Å². The van der Waals surface area contributed by atoms with Crippen molar-refractivity contribution < 1.29 is 5.11 Å². The van der Waals surface area contributed by atoms with E-state index in [1.54, 1.807) is 0 Å². The van der Waals surface area contributed by atoms with Gasteiger partial charge in [-0.3, -0.25) is 0 Å². The van der Waals surface area contributed by atoms with Crippen molar-refractivity contribution >= 4 is 0 Å². The smallest absolute Gasteiger partial charge is 0.0580 e. The molecule has 0 bridgehead atoms. The molecule has 1 N–H and O–H groups in total. The van der Waals surface area contributed by atoms with Gasteiger partial charge in [-0.15, -0.1) is 0 Å². The Hall–Kier alpha value is -0.0800. The largest absolute Gasteiger partial charge is 0.393 e. The molecule has 1 aliphatic heterocycles. The average Bonchev–Trinajstić information content (AvgIpc) is 2.34. The van der Waals surface area contributed by atoms with Gasteiger partial charge in [0.2, 0.25) is 0 Å². The molecule has 19 heavy (non-hydrogen) atoms. The van der Waals surface area contributed by atoms with Crippen molar-refractivity contribution in [3.63, 3.8) is 0 Å². The van der Waals surface area contributed by atoms with Gasteiger partial charge in [0, 0.05) is 6.54 Å². The molecule has 1 saturated carbocycles. The molecule has 0 aromatic carbocycles. The van der Waals surface area contributed by atoms with Crippen LogP contribution >= 0.6 is 0 Å². The minimum absolute atomic E-state index is 0.0510. The number of nitrogens with zero attached hydrogens (tertiary/aromatic N) is 1. The SMILES string of the molecule is CC(C)C1CCC(O)C(CN2CCC(C)(C)CC2)C1. The van der Waals surface area contributed by atoms with Gasteiger partial charge in [0.15, 0.2) is 0 Å². The van der Waals surface area contributed by atoms with Crippen LogP contribution in [0.1, 0.15) is 59.8 Å². The molecule has 112 valence electrons. The Bertz CT molecular complexity index is 277. The molecule has 3 atom stereocenters. The first kappa shape index (κ1) is 15.3. The van der Waals surface area contributed by atoms with Crippen molar-refractivity contribution in [3.8, 4) is 0 Å². The van der Waals surface area contributed by atoms with Gasteiger partial charge in [-0.2, -0.15) is 0 Å². The molecule has 1 saturated heterocycles. The standard InChI is InChI=1S/C17H33NO/c1-13(2)14-5-6-16(19)15(11-14)12-18-9-7-17(3,4)8-10-18/h13-16,19H,5-12H2,1-4H3. The van der Waals surface area contributed by atoms with Gasteiger partial charge in [0.1, 0.15) is 0 Å². The third kappa shape index (κ3) is 4.19. The lowest BCUT2D eigenvalue weighted by Gasteiger charge is -2.42. The summed E-state index contributed by atoms with van der Waals surface area (Å²) in [6.45, 7) is 13.0. The summed E-state index contributed by atoms with van der Waals surface area (Å²) in [6, 6.07) is 0. The molecule has 0 aromatic heterocycles. The van der Waals surface area contributed by atoms with Crippen molar-refractivity contribution in [2.45, 2.75) is 65.9 Å². The second-order valence-corrected chi connectivity index (χ2v) is 8.11. The fourth-order valence-electron chi connectivity index (χ4n) is 3.76. The monoisotopic (exact) mass is 267 g/mol. The van der Waals surface area contributed by atoms with E-state index in [0.29, 0.717) is 11.3 Å². The molecular formula is C17H33NO. The summed E-state index contributed by atoms with van der Waals surface area (Å²) >= 11 is 0. The molecule has 2 rings (SSSR count). The van der Waals surface area contributed by atoms with E-state index in [1.165, 1.54) is 38.8 Å². The Morgan fingerprint density at radius 3 is 2.37 bits per heavy atom. The van der Waals surface area contributed by atoms with E-state index >= 15 is 0 Å². The molecule has 3 unspecified atom stereocenters. The van der Waals surface area contributed by atoms with E-state index < -0.39 is 0 Å². The molecule has 2 aliphatic rings. The molecule has 0 spiro atoms. The Balaban J connectivity index is 1.84. The Labute approximate surface area is 119 Å². The van der Waals surface area contributed by atoms with Crippen LogP contribution in [0, 0.1) is 23.2 Å². The zero-order valence-electron chi connectivity index (χ0n) is 13.4. The van der Waals surface area contributed by atoms with Gasteiger partial charge in [0.25, 0.3) is 0 Å². The fourth-order valence-corrected chi connectivity index (χ4v) is 3.76. The molecule has 1 aliphatic carbocycles. The van der Waals surface area contributed by atoms with Crippen LogP contribution in [0.5, 0.6) is 0 Å². The lowest BCUT2D eigenvalue weighted by Crippen LogP contribution is -2.44. The van der Waals surface area contributed by atoms with E-state index in [2.05, 4.69) is 32.6 Å². The van der Waals surface area contributed by atoms with Crippen molar-refractivity contribution in [1.29, 1.82) is 0 Å². The second kappa shape index (κ2) is 6.13. The summed E-state index contributed by atoms with van der Waals surface area (Å²) in [5, 5.41) is 10.3. The number of hydrogen-bond acceptors (Lipinski definition) is 2. The molecule has 0 aromatic rings. The lowest BCUT2D eigenvalue weighted by atomic mass is 9.74. The average molecular weight is 267 g/mol. The number of aliphatic hydroxyl groups is 1. The third-order valence-corrected chi connectivity index (χ3v) is 5.63. The van der Waals surface area contributed by atoms with Crippen molar-refractivity contribution in [2.24, 2.45) is 23.2 Å². The summed E-state index contributed by atoms with van der Waals surface area (Å²) < 4.78 is 0. The first-order chi connectivity index (χ1) is 8.87. The number of piperidine rings is 1. The highest BCUT2D eigenvalue weighted by molar-refractivity contribution is 4.85. The van der Waals surface area contributed by atoms with Gasteiger partial charge in [-0.1, -0.05) is 27.7 Å². The van der Waals surface area contributed by atoms with E-state index in [1.807, 2.05) is 0 Å². The molecule has 1 heterocycles. The van der Waals surface area contributed by atoms with Gasteiger partial charge >= 0.3 is 0 Å². The van der Waals surface area contributed by atoms with E-state index in [9.17, 15) is 5.11 Å². The number of likely N-dealkylation sites (tertiary alicyclic amines) is 1. The van der Waals surface area contributed by atoms with Crippen LogP contribution in [-0.4, -0.2) is 35.7 Å². The first-order valence-electron chi connectivity index (χ1n) is 8.28. The molecule has 0 amide bonds. The number of hydrogen-bond donors (Lipinski definition) is 1. The first-order valence-corrected chi connectivity index (χ1v) is 8.28. The quantitative estimate of drug-likeness (QED) is 0.845. The fraction of sp³-hybridized carbons (Fsp3) is 1.00. The maximum absolute atomic E-state index is 10.3. The van der Waals surface area contributed by atoms with E-state index in [4.69, 9.17) is 0 Å². The molecule has 2 heteroatoms. The number of aliphatic hydroxyl groups excluding tert-OH is 1. The summed E-state index contributed by atoms with van der Waals surface area (Å²) in [7, 11) is 0. The third-order valence-electron chi connectivity index (χ3n) is 5.63. The highest BCUT2D eigenvalue weighted by Crippen LogP contribution is 2.36. The predicted octanol–water partition coefficient (Wildman–Crippen LogP) is 3.54. The van der Waals surface area contributed by atoms with Crippen LogP contribution in [0.2, 0.25) is 0 Å². The van der Waals surface area contributed by atoms with Crippen molar-refractivity contribution in [1.82, 2.24) is 4.90 Å². The van der Waals surface area contributed by atoms with Crippen LogP contribution < -0.4 is 0 Å². The Morgan fingerprint density at radius 1 is 1.16 bits per heavy atom. The van der Waals surface area contributed by atoms with Gasteiger partial charge in [-0.05, 0) is 68.4 Å². The highest BCUT2D eigenvalue weighted by Gasteiger charge is 2.33. The van der Waals surface area contributed by atoms with Crippen LogP contribution in [0.15, 0.2) is 0 Å². The summed E-state index contributed by atoms with van der Waals surface area (Å²) in [4.78, 5) is 2.60. The molecule has 2 fully saturated rings. The van der Waals surface area contributed by atoms with Crippen LogP contribution in [0.4, 0.5) is 0 Å². The predicted molar refractivity (Wildman–Crippen MR) is 81.1 cm³/mol. The van der Waals surface area contributed by atoms with E-state index in [0.717, 1.165) is 24.8 Å². The van der Waals surface area contributed by atoms with Crippen LogP contribution in [-0.2, 0) is 0 Å². The maximum Gasteiger partial charge on any atom is 0.0580 e. The van der Waals surface area contributed by atoms with Gasteiger partial charge in [-0.25, -0.2) is 0 Å². The van der Waals surface area contributed by atoms with Crippen molar-refractivity contribution in [2.75, 3.05) is 19.6 Å².